The Morgan fingerprint density at radius 1 is 1.08 bits per heavy atom. The lowest BCUT2D eigenvalue weighted by Gasteiger charge is -2.31. The summed E-state index contributed by atoms with van der Waals surface area (Å²) in [5.41, 5.74) is 2.09. The number of carbonyl (C=O) groups is 1. The molecule has 1 saturated carbocycles. The predicted octanol–water partition coefficient (Wildman–Crippen LogP) is 6.13. The third-order valence-electron chi connectivity index (χ3n) is 4.66. The van der Waals surface area contributed by atoms with E-state index in [4.69, 9.17) is 4.74 Å². The van der Waals surface area contributed by atoms with Crippen LogP contribution in [0.1, 0.15) is 37.3 Å². The summed E-state index contributed by atoms with van der Waals surface area (Å²) in [6.45, 7) is 0. The average Bonchev–Trinajstić information content (AvgIpc) is 2.60. The maximum absolute atomic E-state index is 12.6. The zero-order chi connectivity index (χ0) is 17.8. The molecule has 0 saturated heterocycles. The zero-order valence-electron chi connectivity index (χ0n) is 14.1. The molecule has 2 aromatic rings. The van der Waals surface area contributed by atoms with Crippen molar-refractivity contribution in [3.8, 4) is 5.75 Å². The van der Waals surface area contributed by atoms with E-state index in [2.05, 4.69) is 49.3 Å². The lowest BCUT2D eigenvalue weighted by atomic mass is 9.80. The van der Waals surface area contributed by atoms with Crippen molar-refractivity contribution in [1.29, 1.82) is 0 Å². The van der Waals surface area contributed by atoms with Crippen LogP contribution in [-0.4, -0.2) is 12.9 Å². The van der Waals surface area contributed by atoms with Gasteiger partial charge in [-0.3, -0.25) is 4.79 Å². The van der Waals surface area contributed by atoms with Gasteiger partial charge in [0.2, 0.25) is 0 Å². The molecular weight excluding hydrogens is 446 g/mol. The Morgan fingerprint density at radius 3 is 2.36 bits per heavy atom. The second-order valence-corrected chi connectivity index (χ2v) is 8.20. The molecule has 132 valence electrons. The first kappa shape index (κ1) is 18.5. The molecule has 1 aliphatic carbocycles. The smallest absolute Gasteiger partial charge is 0.138 e. The van der Waals surface area contributed by atoms with E-state index >= 15 is 0 Å². The van der Waals surface area contributed by atoms with E-state index in [-0.39, 0.29) is 12.0 Å². The number of methoxy groups -OCH3 is 1. The van der Waals surface area contributed by atoms with Crippen LogP contribution < -0.4 is 10.1 Å². The number of benzene rings is 2. The molecule has 1 fully saturated rings. The number of rotatable bonds is 5. The molecule has 3 nitrogen and oxygen atoms in total. The SMILES string of the molecule is COc1ccc(N[C@H](c2cc(Br)cc(Br)c2)C2CCCCC2=O)cc1. The van der Waals surface area contributed by atoms with Crippen LogP contribution in [0.5, 0.6) is 5.75 Å². The highest BCUT2D eigenvalue weighted by Gasteiger charge is 2.31. The average molecular weight is 467 g/mol. The second-order valence-electron chi connectivity index (χ2n) is 6.37. The van der Waals surface area contributed by atoms with Crippen LogP contribution in [0.2, 0.25) is 0 Å². The summed E-state index contributed by atoms with van der Waals surface area (Å²) in [5.74, 6) is 1.17. The largest absolute Gasteiger partial charge is 0.497 e. The van der Waals surface area contributed by atoms with E-state index in [0.717, 1.165) is 45.2 Å². The Bertz CT molecular complexity index is 726. The topological polar surface area (TPSA) is 38.3 Å². The molecule has 25 heavy (non-hydrogen) atoms. The summed E-state index contributed by atoms with van der Waals surface area (Å²) in [6, 6.07) is 14.0. The van der Waals surface area contributed by atoms with Crippen LogP contribution in [-0.2, 0) is 4.79 Å². The number of halogens is 2. The number of ether oxygens (including phenoxy) is 1. The fraction of sp³-hybridized carbons (Fsp3) is 0.350. The van der Waals surface area contributed by atoms with E-state index in [0.29, 0.717) is 12.2 Å². The van der Waals surface area contributed by atoms with Crippen LogP contribution in [0, 0.1) is 5.92 Å². The summed E-state index contributed by atoms with van der Waals surface area (Å²) in [7, 11) is 1.66. The molecule has 1 aliphatic rings. The Morgan fingerprint density at radius 2 is 1.76 bits per heavy atom. The van der Waals surface area contributed by atoms with Gasteiger partial charge in [0.1, 0.15) is 11.5 Å². The number of anilines is 1. The van der Waals surface area contributed by atoms with Crippen LogP contribution in [0.25, 0.3) is 0 Å². The molecule has 0 spiro atoms. The normalized spacial score (nSPS) is 18.7. The molecule has 0 radical (unpaired) electrons. The summed E-state index contributed by atoms with van der Waals surface area (Å²) in [4.78, 5) is 12.6. The van der Waals surface area contributed by atoms with Crippen molar-refractivity contribution < 1.29 is 9.53 Å². The lowest BCUT2D eigenvalue weighted by molar-refractivity contribution is -0.125. The van der Waals surface area contributed by atoms with Gasteiger partial charge in [0.05, 0.1) is 13.2 Å². The van der Waals surface area contributed by atoms with Crippen molar-refractivity contribution in [2.75, 3.05) is 12.4 Å². The van der Waals surface area contributed by atoms with Gasteiger partial charge in [-0.25, -0.2) is 0 Å². The summed E-state index contributed by atoms with van der Waals surface area (Å²) < 4.78 is 7.23. The minimum atomic E-state index is -0.0463. The molecule has 0 bridgehead atoms. The first-order chi connectivity index (χ1) is 12.1. The molecule has 1 N–H and O–H groups in total. The molecule has 5 heteroatoms. The standard InChI is InChI=1S/C20H21Br2NO2/c1-25-17-8-6-16(7-9-17)23-20(18-4-2-3-5-19(18)24)13-10-14(21)12-15(22)11-13/h6-12,18,20,23H,2-5H2,1H3/t18?,20-/m1/s1. The molecule has 2 atom stereocenters. The molecule has 0 heterocycles. The van der Waals surface area contributed by atoms with Crippen LogP contribution >= 0.6 is 31.9 Å². The van der Waals surface area contributed by atoms with E-state index in [1.807, 2.05) is 30.3 Å². The van der Waals surface area contributed by atoms with Gasteiger partial charge in [0.25, 0.3) is 0 Å². The quantitative estimate of drug-likeness (QED) is 0.575. The van der Waals surface area contributed by atoms with E-state index in [1.54, 1.807) is 7.11 Å². The highest BCUT2D eigenvalue weighted by atomic mass is 79.9. The van der Waals surface area contributed by atoms with Gasteiger partial charge in [-0.1, -0.05) is 38.3 Å². The number of hydrogen-bond acceptors (Lipinski definition) is 3. The molecule has 0 aromatic heterocycles. The van der Waals surface area contributed by atoms with Crippen molar-refractivity contribution in [1.82, 2.24) is 0 Å². The molecular formula is C20H21Br2NO2. The van der Waals surface area contributed by atoms with Gasteiger partial charge in [0, 0.05) is 27.0 Å². The molecule has 2 aromatic carbocycles. The van der Waals surface area contributed by atoms with Crippen molar-refractivity contribution >= 4 is 43.3 Å². The van der Waals surface area contributed by atoms with Crippen molar-refractivity contribution in [3.05, 3.63) is 57.0 Å². The van der Waals surface area contributed by atoms with Crippen molar-refractivity contribution in [2.24, 2.45) is 5.92 Å². The van der Waals surface area contributed by atoms with E-state index in [1.165, 1.54) is 0 Å². The Hall–Kier alpha value is -1.33. The first-order valence-corrected chi connectivity index (χ1v) is 10.0. The second kappa shape index (κ2) is 8.37. The molecule has 0 aliphatic heterocycles. The Labute approximate surface area is 165 Å². The van der Waals surface area contributed by atoms with Gasteiger partial charge < -0.3 is 10.1 Å². The first-order valence-electron chi connectivity index (χ1n) is 8.46. The van der Waals surface area contributed by atoms with Gasteiger partial charge in [-0.05, 0) is 60.9 Å². The zero-order valence-corrected chi connectivity index (χ0v) is 17.3. The Balaban J connectivity index is 1.93. The van der Waals surface area contributed by atoms with Gasteiger partial charge in [-0.2, -0.15) is 0 Å². The fourth-order valence-corrected chi connectivity index (χ4v) is 4.73. The van der Waals surface area contributed by atoms with Crippen LogP contribution in [0.3, 0.4) is 0 Å². The fourth-order valence-electron chi connectivity index (χ4n) is 3.40. The van der Waals surface area contributed by atoms with Crippen molar-refractivity contribution in [2.45, 2.75) is 31.7 Å². The maximum Gasteiger partial charge on any atom is 0.138 e. The number of Topliss-reactive ketones (excluding diaryl/α,β-unsaturated/α-hetero) is 1. The minimum absolute atomic E-state index is 0.00273. The van der Waals surface area contributed by atoms with Crippen molar-refractivity contribution in [3.63, 3.8) is 0 Å². The summed E-state index contributed by atoms with van der Waals surface area (Å²) in [5, 5.41) is 3.58. The van der Waals surface area contributed by atoms with Gasteiger partial charge in [-0.15, -0.1) is 0 Å². The monoisotopic (exact) mass is 465 g/mol. The van der Waals surface area contributed by atoms with Crippen LogP contribution in [0.4, 0.5) is 5.69 Å². The number of ketones is 1. The maximum atomic E-state index is 12.6. The molecule has 0 amide bonds. The summed E-state index contributed by atoms with van der Waals surface area (Å²) >= 11 is 7.13. The van der Waals surface area contributed by atoms with E-state index < -0.39 is 0 Å². The van der Waals surface area contributed by atoms with Crippen LogP contribution in [0.15, 0.2) is 51.4 Å². The number of carbonyl (C=O) groups excluding carboxylic acids is 1. The number of hydrogen-bond donors (Lipinski definition) is 1. The van der Waals surface area contributed by atoms with Gasteiger partial charge in [0.15, 0.2) is 0 Å². The predicted molar refractivity (Wildman–Crippen MR) is 108 cm³/mol. The summed E-state index contributed by atoms with van der Waals surface area (Å²) in [6.07, 6.45) is 3.72. The lowest BCUT2D eigenvalue weighted by Crippen LogP contribution is -2.30. The van der Waals surface area contributed by atoms with Gasteiger partial charge >= 0.3 is 0 Å². The number of nitrogens with one attached hydrogen (secondary N) is 1. The highest BCUT2D eigenvalue weighted by Crippen LogP contribution is 2.37. The molecule has 1 unspecified atom stereocenters. The Kier molecular flexibility index (Phi) is 6.18. The third kappa shape index (κ3) is 4.64. The third-order valence-corrected chi connectivity index (χ3v) is 5.58. The van der Waals surface area contributed by atoms with E-state index in [9.17, 15) is 4.79 Å². The molecule has 3 rings (SSSR count). The minimum Gasteiger partial charge on any atom is -0.497 e. The highest BCUT2D eigenvalue weighted by molar-refractivity contribution is 9.11.